The van der Waals surface area contributed by atoms with Crippen molar-refractivity contribution in [3.8, 4) is 0 Å². The quantitative estimate of drug-likeness (QED) is 0.0450. The molecular formula is C61H63ClN4O4S10. The number of hydrogen-bond acceptors (Lipinski definition) is 14. The molecule has 8 nitrogen and oxygen atoms in total. The summed E-state index contributed by atoms with van der Waals surface area (Å²) < 4.78 is 0. The van der Waals surface area contributed by atoms with Crippen LogP contribution < -0.4 is 0 Å². The Morgan fingerprint density at radius 3 is 0.650 bits per heavy atom. The van der Waals surface area contributed by atoms with Crippen molar-refractivity contribution >= 4 is 150 Å². The van der Waals surface area contributed by atoms with Gasteiger partial charge in [0.1, 0.15) is 0 Å². The standard InChI is InChI=1S/C61H63ClN4O4S10/c1-63(2)58(67)77-48-17-9-41(10-18-48)35-71-54-27-46(28-55(32-54)72-36-42-11-19-49(20-12-42)78-59(68)64(3)4)39-75-52-25-45(34-62)26-53(31-52)76-40-47-29-56(73-37-43-13-21-50(22-14-43)79-60(69)65(5)6)33-57(30-47)74-38-44-15-23-51(24-16-44)80-61(70)66(7)8/h9-33H,34-40H2,1-8H3. The molecule has 0 unspecified atom stereocenters. The fraction of sp³-hybridized carbons (Fsp3) is 0.246. The van der Waals surface area contributed by atoms with E-state index in [4.69, 9.17) is 11.6 Å². The van der Waals surface area contributed by atoms with Crippen LogP contribution in [0.15, 0.2) is 201 Å². The highest BCUT2D eigenvalue weighted by atomic mass is 35.5. The summed E-state index contributed by atoms with van der Waals surface area (Å²) in [5, 5.41) is 0.0156. The van der Waals surface area contributed by atoms with Crippen LogP contribution in [-0.2, 0) is 40.4 Å². The van der Waals surface area contributed by atoms with Crippen molar-refractivity contribution in [3.05, 3.63) is 191 Å². The molecule has 0 N–H and O–H groups in total. The normalized spacial score (nSPS) is 11.1. The molecular weight excluding hydrogens is 1210 g/mol. The third-order valence-electron chi connectivity index (χ3n) is 11.4. The van der Waals surface area contributed by atoms with Crippen molar-refractivity contribution in [2.75, 3.05) is 56.4 Å². The summed E-state index contributed by atoms with van der Waals surface area (Å²) in [6.45, 7) is 0. The third-order valence-corrected chi connectivity index (χ3v) is 22.2. The van der Waals surface area contributed by atoms with E-state index in [-0.39, 0.29) is 21.0 Å². The molecule has 19 heteroatoms. The highest BCUT2D eigenvalue weighted by molar-refractivity contribution is 8.14. The summed E-state index contributed by atoms with van der Waals surface area (Å²) in [7, 11) is 14.1. The molecule has 0 aliphatic carbocycles. The van der Waals surface area contributed by atoms with Gasteiger partial charge >= 0.3 is 0 Å². The number of hydrogen-bond donors (Lipinski definition) is 0. The lowest BCUT2D eigenvalue weighted by atomic mass is 10.2. The van der Waals surface area contributed by atoms with E-state index >= 15 is 0 Å². The minimum atomic E-state index is 0.00391. The van der Waals surface area contributed by atoms with Crippen molar-refractivity contribution < 1.29 is 19.2 Å². The van der Waals surface area contributed by atoms with Crippen molar-refractivity contribution in [3.63, 3.8) is 0 Å². The Morgan fingerprint density at radius 1 is 0.275 bits per heavy atom. The van der Waals surface area contributed by atoms with Gasteiger partial charge in [-0.05, 0) is 189 Å². The molecule has 0 radical (unpaired) electrons. The molecule has 4 amide bonds. The number of carbonyl (C=O) groups is 4. The summed E-state index contributed by atoms with van der Waals surface area (Å²) in [6.07, 6.45) is 0. The highest BCUT2D eigenvalue weighted by Crippen LogP contribution is 2.38. The number of carbonyl (C=O) groups excluding carboxylic acids is 4. The first kappa shape index (κ1) is 63.8. The molecule has 0 spiro atoms. The Hall–Kier alpha value is -3.79. The van der Waals surface area contributed by atoms with Crippen LogP contribution in [0.25, 0.3) is 0 Å². The molecule has 7 aromatic carbocycles. The number of benzene rings is 7. The summed E-state index contributed by atoms with van der Waals surface area (Å²) >= 11 is 22.4. The van der Waals surface area contributed by atoms with Gasteiger partial charge in [-0.25, -0.2) is 0 Å². The average molecular weight is 1270 g/mol. The van der Waals surface area contributed by atoms with E-state index in [1.807, 2.05) is 119 Å². The molecule has 80 heavy (non-hydrogen) atoms. The van der Waals surface area contributed by atoms with Gasteiger partial charge in [-0.1, -0.05) is 48.5 Å². The molecule has 0 atom stereocenters. The van der Waals surface area contributed by atoms with Gasteiger partial charge < -0.3 is 19.6 Å². The van der Waals surface area contributed by atoms with Crippen LogP contribution in [-0.4, -0.2) is 96.9 Å². The lowest BCUT2D eigenvalue weighted by Gasteiger charge is -2.13. The summed E-state index contributed by atoms with van der Waals surface area (Å²) in [6, 6.07) is 53.5. The SMILES string of the molecule is CN(C)C(=O)Sc1ccc(CSc2cc(CSc3cc(CCl)cc(SCc4cc(SCc5ccc(SC(=O)N(C)C)cc5)cc(SCc5ccc(SC(=O)N(C)C)cc5)c4)c3)cc(SCc3ccc(SC(=O)N(C)C)cc3)c2)cc1. The number of thioether (sulfide) groups is 10. The van der Waals surface area contributed by atoms with E-state index in [2.05, 4.69) is 103 Å². The van der Waals surface area contributed by atoms with E-state index in [0.717, 1.165) is 59.7 Å². The van der Waals surface area contributed by atoms with Gasteiger partial charge in [-0.15, -0.1) is 82.2 Å². The van der Waals surface area contributed by atoms with E-state index < -0.39 is 0 Å². The monoisotopic (exact) mass is 1270 g/mol. The fourth-order valence-corrected chi connectivity index (χ4v) is 15.8. The van der Waals surface area contributed by atoms with E-state index in [1.165, 1.54) is 110 Å². The molecule has 0 saturated heterocycles. The fourth-order valence-electron chi connectivity index (χ4n) is 7.02. The predicted molar refractivity (Wildman–Crippen MR) is 352 cm³/mol. The molecule has 7 aromatic rings. The van der Waals surface area contributed by atoms with Crippen LogP contribution in [0.2, 0.25) is 0 Å². The second-order valence-corrected chi connectivity index (χ2v) is 29.6. The van der Waals surface area contributed by atoms with Crippen LogP contribution in [0.4, 0.5) is 19.2 Å². The zero-order valence-corrected chi connectivity index (χ0v) is 54.7. The number of halogens is 1. The molecule has 418 valence electrons. The largest absolute Gasteiger partial charge is 0.339 e. The van der Waals surface area contributed by atoms with Gasteiger partial charge in [0.15, 0.2) is 0 Å². The Bertz CT molecular complexity index is 2820. The van der Waals surface area contributed by atoms with Crippen molar-refractivity contribution in [2.24, 2.45) is 0 Å². The minimum Gasteiger partial charge on any atom is -0.339 e. The molecule has 0 fully saturated rings. The number of amides is 4. The average Bonchev–Trinajstić information content (AvgIpc) is 3.45. The number of rotatable bonds is 23. The lowest BCUT2D eigenvalue weighted by Crippen LogP contribution is -2.15. The van der Waals surface area contributed by atoms with Crippen LogP contribution in [0.3, 0.4) is 0 Å². The van der Waals surface area contributed by atoms with E-state index in [0.29, 0.717) is 5.88 Å². The van der Waals surface area contributed by atoms with E-state index in [9.17, 15) is 19.2 Å². The number of nitrogens with zero attached hydrogens (tertiary/aromatic N) is 4. The molecule has 7 rings (SSSR count). The predicted octanol–water partition coefficient (Wildman–Crippen LogP) is 19.3. The van der Waals surface area contributed by atoms with Crippen LogP contribution >= 0.6 is 129 Å². The number of alkyl halides is 1. The molecule has 0 heterocycles. The molecule has 0 saturated carbocycles. The van der Waals surface area contributed by atoms with Crippen molar-refractivity contribution in [1.29, 1.82) is 0 Å². The maximum Gasteiger partial charge on any atom is 0.285 e. The van der Waals surface area contributed by atoms with Gasteiger partial charge in [0.25, 0.3) is 21.0 Å². The first-order valence-electron chi connectivity index (χ1n) is 25.1. The van der Waals surface area contributed by atoms with Crippen molar-refractivity contribution in [1.82, 2.24) is 19.6 Å². The van der Waals surface area contributed by atoms with Crippen molar-refractivity contribution in [2.45, 2.75) is 89.4 Å². The van der Waals surface area contributed by atoms with Crippen LogP contribution in [0.5, 0.6) is 0 Å². The second kappa shape index (κ2) is 32.3. The zero-order chi connectivity index (χ0) is 57.1. The lowest BCUT2D eigenvalue weighted by molar-refractivity contribution is 0.240. The molecule has 0 bridgehead atoms. The zero-order valence-electron chi connectivity index (χ0n) is 45.8. The van der Waals surface area contributed by atoms with Crippen LogP contribution in [0.1, 0.15) is 38.9 Å². The summed E-state index contributed by atoms with van der Waals surface area (Å²) in [4.78, 5) is 66.4. The first-order valence-corrected chi connectivity index (χ1v) is 34.8. The maximum absolute atomic E-state index is 12.3. The molecule has 0 aromatic heterocycles. The Kier molecular flexibility index (Phi) is 25.8. The van der Waals surface area contributed by atoms with Gasteiger partial charge in [-0.2, -0.15) is 0 Å². The maximum atomic E-state index is 12.3. The smallest absolute Gasteiger partial charge is 0.285 e. The van der Waals surface area contributed by atoms with Gasteiger partial charge in [-0.3, -0.25) is 19.2 Å². The minimum absolute atomic E-state index is 0.00391. The Labute approximate surface area is 520 Å². The Morgan fingerprint density at radius 2 is 0.463 bits per heavy atom. The second-order valence-electron chi connectivity index (χ2n) is 18.9. The Balaban J connectivity index is 1.06. The molecule has 0 aliphatic rings. The molecule has 0 aliphatic heterocycles. The first-order chi connectivity index (χ1) is 38.4. The van der Waals surface area contributed by atoms with Gasteiger partial charge in [0.2, 0.25) is 0 Å². The van der Waals surface area contributed by atoms with Crippen LogP contribution in [0, 0.1) is 0 Å². The van der Waals surface area contributed by atoms with Gasteiger partial charge in [0.05, 0.1) is 0 Å². The topological polar surface area (TPSA) is 81.2 Å². The van der Waals surface area contributed by atoms with Gasteiger partial charge in [0, 0.05) is 146 Å². The summed E-state index contributed by atoms with van der Waals surface area (Å²) in [5.74, 6) is 5.14. The summed E-state index contributed by atoms with van der Waals surface area (Å²) in [5.41, 5.74) is 8.30. The highest BCUT2D eigenvalue weighted by Gasteiger charge is 2.14. The third kappa shape index (κ3) is 21.4. The van der Waals surface area contributed by atoms with E-state index in [1.54, 1.807) is 76.0 Å².